The van der Waals surface area contributed by atoms with Crippen molar-refractivity contribution in [2.45, 2.75) is 51.5 Å². The van der Waals surface area contributed by atoms with Gasteiger partial charge in [-0.15, -0.1) is 11.8 Å². The fourth-order valence-corrected chi connectivity index (χ4v) is 4.68. The second-order valence-corrected chi connectivity index (χ2v) is 6.09. The molecule has 0 amide bonds. The second kappa shape index (κ2) is 4.41. The fourth-order valence-electron chi connectivity index (χ4n) is 4.68. The fraction of sp³-hybridized carbons (Fsp3) is 0.867. The van der Waals surface area contributed by atoms with Crippen LogP contribution in [-0.4, -0.2) is 12.6 Å². The van der Waals surface area contributed by atoms with Crippen molar-refractivity contribution in [3.05, 3.63) is 0 Å². The van der Waals surface area contributed by atoms with Gasteiger partial charge in [-0.2, -0.15) is 0 Å². The molecule has 0 heterocycles. The van der Waals surface area contributed by atoms with E-state index in [1.807, 2.05) is 6.92 Å². The van der Waals surface area contributed by atoms with Gasteiger partial charge in [-0.1, -0.05) is 0 Å². The Morgan fingerprint density at radius 1 is 1.00 bits per heavy atom. The summed E-state index contributed by atoms with van der Waals surface area (Å²) in [6, 6.07) is 0.839. The highest BCUT2D eigenvalue weighted by Crippen LogP contribution is 2.53. The maximum absolute atomic E-state index is 3.80. The van der Waals surface area contributed by atoms with Gasteiger partial charge in [0.15, 0.2) is 0 Å². The number of hydrogen-bond acceptors (Lipinski definition) is 1. The predicted octanol–water partition coefficient (Wildman–Crippen LogP) is 2.81. The molecule has 0 aromatic heterocycles. The van der Waals surface area contributed by atoms with E-state index in [1.54, 1.807) is 6.42 Å². The van der Waals surface area contributed by atoms with E-state index in [9.17, 15) is 0 Å². The molecule has 1 nitrogen and oxygen atoms in total. The molecule has 0 aromatic rings. The van der Waals surface area contributed by atoms with E-state index in [0.29, 0.717) is 0 Å². The van der Waals surface area contributed by atoms with Gasteiger partial charge in [0.1, 0.15) is 0 Å². The van der Waals surface area contributed by atoms with Gasteiger partial charge >= 0.3 is 0 Å². The van der Waals surface area contributed by atoms with Crippen LogP contribution in [0.5, 0.6) is 0 Å². The molecule has 4 saturated carbocycles. The number of hydrogen-bond donors (Lipinski definition) is 1. The molecule has 1 heteroatoms. The summed E-state index contributed by atoms with van der Waals surface area (Å²) < 4.78 is 0. The first-order valence-corrected chi connectivity index (χ1v) is 6.99. The Hall–Kier alpha value is -0.480. The van der Waals surface area contributed by atoms with Crippen LogP contribution in [0.25, 0.3) is 0 Å². The lowest BCUT2D eigenvalue weighted by atomic mass is 9.54. The molecule has 16 heavy (non-hydrogen) atoms. The van der Waals surface area contributed by atoms with Crippen LogP contribution in [0, 0.1) is 35.5 Å². The Morgan fingerprint density at radius 3 is 2.19 bits per heavy atom. The first kappa shape index (κ1) is 10.7. The summed E-state index contributed by atoms with van der Waals surface area (Å²) in [6.45, 7) is 3.04. The number of nitrogens with one attached hydrogen (secondary N) is 1. The summed E-state index contributed by atoms with van der Waals surface area (Å²) in [6.07, 6.45) is 8.66. The Kier molecular flexibility index (Phi) is 2.94. The Labute approximate surface area is 99.4 Å². The van der Waals surface area contributed by atoms with Gasteiger partial charge in [-0.25, -0.2) is 0 Å². The van der Waals surface area contributed by atoms with Crippen LogP contribution in [0.15, 0.2) is 0 Å². The average Bonchev–Trinajstić information content (AvgIpc) is 2.26. The lowest BCUT2D eigenvalue weighted by Crippen LogP contribution is -2.54. The van der Waals surface area contributed by atoms with Crippen molar-refractivity contribution in [2.75, 3.05) is 6.54 Å². The van der Waals surface area contributed by atoms with Crippen molar-refractivity contribution in [3.8, 4) is 11.8 Å². The van der Waals surface area contributed by atoms with Gasteiger partial charge in [-0.3, -0.25) is 0 Å². The average molecular weight is 217 g/mol. The molecule has 4 fully saturated rings. The molecule has 4 aliphatic carbocycles. The number of rotatable bonds is 3. The summed E-state index contributed by atoms with van der Waals surface area (Å²) >= 11 is 0. The Morgan fingerprint density at radius 2 is 1.62 bits per heavy atom. The molecule has 0 aromatic carbocycles. The zero-order valence-corrected chi connectivity index (χ0v) is 10.3. The highest BCUT2D eigenvalue weighted by atomic mass is 14.9. The minimum absolute atomic E-state index is 0.839. The second-order valence-electron chi connectivity index (χ2n) is 6.09. The zero-order valence-electron chi connectivity index (χ0n) is 10.3. The van der Waals surface area contributed by atoms with Crippen LogP contribution in [0.2, 0.25) is 0 Å². The van der Waals surface area contributed by atoms with Crippen molar-refractivity contribution in [1.29, 1.82) is 0 Å². The van der Waals surface area contributed by atoms with Gasteiger partial charge < -0.3 is 5.32 Å². The third-order valence-electron chi connectivity index (χ3n) is 5.03. The molecule has 4 rings (SSSR count). The van der Waals surface area contributed by atoms with Crippen molar-refractivity contribution in [1.82, 2.24) is 5.32 Å². The molecule has 4 bridgehead atoms. The molecule has 0 radical (unpaired) electrons. The zero-order chi connectivity index (χ0) is 11.0. The van der Waals surface area contributed by atoms with Gasteiger partial charge in [-0.05, 0) is 62.7 Å². The van der Waals surface area contributed by atoms with Gasteiger partial charge in [0.2, 0.25) is 0 Å². The first-order valence-electron chi connectivity index (χ1n) is 6.99. The Balaban J connectivity index is 1.56. The molecular formula is C15H23N. The van der Waals surface area contributed by atoms with Gasteiger partial charge in [0, 0.05) is 19.0 Å². The first-order chi connectivity index (χ1) is 7.86. The van der Waals surface area contributed by atoms with Crippen molar-refractivity contribution < 1.29 is 0 Å². The van der Waals surface area contributed by atoms with E-state index in [1.165, 1.54) is 25.7 Å². The highest BCUT2D eigenvalue weighted by molar-refractivity contribution is 5.02. The van der Waals surface area contributed by atoms with Crippen LogP contribution in [0.4, 0.5) is 0 Å². The molecule has 1 N–H and O–H groups in total. The Bertz CT molecular complexity index is 281. The summed E-state index contributed by atoms with van der Waals surface area (Å²) in [5.41, 5.74) is 0. The molecule has 0 atom stereocenters. The summed E-state index contributed by atoms with van der Waals surface area (Å²) in [5, 5.41) is 3.80. The normalized spacial score (nSPS) is 44.2. The third kappa shape index (κ3) is 1.89. The SMILES string of the molecule is CC#CCCNC1C2CC3CC(C2)CC1C3. The van der Waals surface area contributed by atoms with E-state index in [4.69, 9.17) is 0 Å². The van der Waals surface area contributed by atoms with E-state index in [-0.39, 0.29) is 0 Å². The standard InChI is InChI=1S/C15H23N/c1-2-3-4-5-16-15-13-7-11-6-12(9-13)10-14(15)8-11/h11-16H,4-10H2,1H3. The van der Waals surface area contributed by atoms with Crippen LogP contribution < -0.4 is 5.32 Å². The lowest BCUT2D eigenvalue weighted by Gasteiger charge is -2.54. The highest BCUT2D eigenvalue weighted by Gasteiger charge is 2.47. The predicted molar refractivity (Wildman–Crippen MR) is 66.9 cm³/mol. The van der Waals surface area contributed by atoms with Crippen LogP contribution >= 0.6 is 0 Å². The molecule has 0 spiro atoms. The van der Waals surface area contributed by atoms with E-state index in [2.05, 4.69) is 17.2 Å². The molecule has 0 aliphatic heterocycles. The largest absolute Gasteiger partial charge is 0.312 e. The van der Waals surface area contributed by atoms with Crippen molar-refractivity contribution in [2.24, 2.45) is 23.7 Å². The minimum Gasteiger partial charge on any atom is -0.312 e. The van der Waals surface area contributed by atoms with Gasteiger partial charge in [0.05, 0.1) is 0 Å². The topological polar surface area (TPSA) is 12.0 Å². The molecular weight excluding hydrogens is 194 g/mol. The minimum atomic E-state index is 0.839. The van der Waals surface area contributed by atoms with Crippen LogP contribution in [0.3, 0.4) is 0 Å². The van der Waals surface area contributed by atoms with E-state index in [0.717, 1.165) is 42.7 Å². The summed E-state index contributed by atoms with van der Waals surface area (Å²) in [5.74, 6) is 10.3. The van der Waals surface area contributed by atoms with Crippen molar-refractivity contribution in [3.63, 3.8) is 0 Å². The quantitative estimate of drug-likeness (QED) is 0.566. The maximum Gasteiger partial charge on any atom is 0.0214 e. The lowest BCUT2D eigenvalue weighted by molar-refractivity contribution is -0.0132. The van der Waals surface area contributed by atoms with Crippen LogP contribution in [-0.2, 0) is 0 Å². The third-order valence-corrected chi connectivity index (χ3v) is 5.03. The summed E-state index contributed by atoms with van der Waals surface area (Å²) in [7, 11) is 0. The molecule has 4 aliphatic rings. The van der Waals surface area contributed by atoms with E-state index < -0.39 is 0 Å². The smallest absolute Gasteiger partial charge is 0.0214 e. The van der Waals surface area contributed by atoms with Gasteiger partial charge in [0.25, 0.3) is 0 Å². The van der Waals surface area contributed by atoms with Crippen LogP contribution in [0.1, 0.15) is 45.4 Å². The molecule has 0 saturated heterocycles. The monoisotopic (exact) mass is 217 g/mol. The maximum atomic E-state index is 3.80. The molecule has 88 valence electrons. The van der Waals surface area contributed by atoms with Crippen molar-refractivity contribution >= 4 is 0 Å². The molecule has 0 unspecified atom stereocenters. The van der Waals surface area contributed by atoms with E-state index >= 15 is 0 Å². The summed E-state index contributed by atoms with van der Waals surface area (Å²) in [4.78, 5) is 0.